The largest absolute Gasteiger partial charge is 0.394 e. The average Bonchev–Trinajstić information content (AvgIpc) is 4.02. The molecular formula is C50H95NO10. The van der Waals surface area contributed by atoms with E-state index in [1.54, 1.807) is 0 Å². The first kappa shape index (κ1) is 56.0. The molecule has 2 aliphatic rings. The van der Waals surface area contributed by atoms with Crippen LogP contribution in [0.15, 0.2) is 12.2 Å². The third-order valence-electron chi connectivity index (χ3n) is 13.3. The Labute approximate surface area is 371 Å². The second kappa shape index (κ2) is 36.1. The van der Waals surface area contributed by atoms with Crippen LogP contribution in [0.3, 0.4) is 0 Å². The Kier molecular flexibility index (Phi) is 33.1. The second-order valence-electron chi connectivity index (χ2n) is 18.8. The molecule has 0 spiro atoms. The van der Waals surface area contributed by atoms with E-state index in [1.807, 2.05) is 0 Å². The van der Waals surface area contributed by atoms with Crippen molar-refractivity contribution in [3.05, 3.63) is 12.2 Å². The number of aliphatic hydroxyl groups excluding tert-OH is 7. The topological polar surface area (TPSA) is 189 Å². The molecule has 0 bridgehead atoms. The van der Waals surface area contributed by atoms with Gasteiger partial charge >= 0.3 is 0 Å². The molecule has 1 amide bonds. The van der Waals surface area contributed by atoms with Crippen molar-refractivity contribution >= 4 is 5.91 Å². The summed E-state index contributed by atoms with van der Waals surface area (Å²) in [5.41, 5.74) is 0. The number of carbonyl (C=O) groups excluding carboxylic acids is 1. The predicted octanol–water partition coefficient (Wildman–Crippen LogP) is 8.70. The molecule has 1 heterocycles. The van der Waals surface area contributed by atoms with Gasteiger partial charge in [0.25, 0.3) is 0 Å². The van der Waals surface area contributed by atoms with Crippen LogP contribution < -0.4 is 5.32 Å². The minimum atomic E-state index is -1.66. The number of hydrogen-bond acceptors (Lipinski definition) is 10. The SMILES string of the molecule is CCCCCCC=CCCCCCCCCCCCCCC(O)C(=O)NC(COC1OC(CO)C(O)C(O)C1O)C(O)C(O)CCCCCCCCC1CC1CCCCCC. The molecule has 1 saturated carbocycles. The maximum Gasteiger partial charge on any atom is 0.249 e. The van der Waals surface area contributed by atoms with E-state index in [-0.39, 0.29) is 6.42 Å². The van der Waals surface area contributed by atoms with Crippen LogP contribution in [0.1, 0.15) is 219 Å². The number of amides is 1. The van der Waals surface area contributed by atoms with Crippen LogP contribution in [0.4, 0.5) is 0 Å². The molecule has 11 nitrogen and oxygen atoms in total. The fraction of sp³-hybridized carbons (Fsp3) is 0.940. The van der Waals surface area contributed by atoms with Gasteiger partial charge < -0.3 is 50.5 Å². The summed E-state index contributed by atoms with van der Waals surface area (Å²) >= 11 is 0. The molecule has 360 valence electrons. The molecule has 1 aliphatic heterocycles. The molecule has 0 radical (unpaired) electrons. The van der Waals surface area contributed by atoms with Crippen molar-refractivity contribution < 1.29 is 50.0 Å². The quantitative estimate of drug-likeness (QED) is 0.0218. The second-order valence-corrected chi connectivity index (χ2v) is 18.8. The number of hydrogen-bond donors (Lipinski definition) is 8. The number of allylic oxidation sites excluding steroid dienone is 2. The van der Waals surface area contributed by atoms with Gasteiger partial charge in [-0.15, -0.1) is 0 Å². The summed E-state index contributed by atoms with van der Waals surface area (Å²) < 4.78 is 11.1. The number of aliphatic hydroxyl groups is 7. The highest BCUT2D eigenvalue weighted by Crippen LogP contribution is 2.45. The molecule has 11 unspecified atom stereocenters. The highest BCUT2D eigenvalue weighted by molar-refractivity contribution is 5.80. The van der Waals surface area contributed by atoms with Crippen molar-refractivity contribution in [3.63, 3.8) is 0 Å². The summed E-state index contributed by atoms with van der Waals surface area (Å²) in [7, 11) is 0. The summed E-state index contributed by atoms with van der Waals surface area (Å²) in [5.74, 6) is 1.21. The van der Waals surface area contributed by atoms with E-state index in [0.29, 0.717) is 19.3 Å². The van der Waals surface area contributed by atoms with Crippen LogP contribution in [-0.2, 0) is 14.3 Å². The van der Waals surface area contributed by atoms with Gasteiger partial charge in [-0.25, -0.2) is 0 Å². The molecular weight excluding hydrogens is 775 g/mol. The molecule has 1 saturated heterocycles. The normalized spacial score (nSPS) is 24.8. The number of unbranched alkanes of at least 4 members (excludes halogenated alkanes) is 23. The van der Waals surface area contributed by atoms with E-state index < -0.39 is 74.2 Å². The fourth-order valence-electron chi connectivity index (χ4n) is 8.91. The first-order valence-corrected chi connectivity index (χ1v) is 25.6. The zero-order valence-electron chi connectivity index (χ0n) is 38.9. The third-order valence-corrected chi connectivity index (χ3v) is 13.3. The Balaban J connectivity index is 1.66. The number of nitrogens with one attached hydrogen (secondary N) is 1. The maximum absolute atomic E-state index is 13.1. The van der Waals surface area contributed by atoms with Crippen LogP contribution >= 0.6 is 0 Å². The Morgan fingerprint density at radius 3 is 1.61 bits per heavy atom. The Hall–Kier alpha value is -1.15. The van der Waals surface area contributed by atoms with Crippen molar-refractivity contribution in [3.8, 4) is 0 Å². The summed E-state index contributed by atoms with van der Waals surface area (Å²) in [5, 5.41) is 75.9. The molecule has 0 aromatic carbocycles. The van der Waals surface area contributed by atoms with Gasteiger partial charge in [-0.05, 0) is 56.8 Å². The first-order valence-electron chi connectivity index (χ1n) is 25.6. The van der Waals surface area contributed by atoms with Crippen LogP contribution in [0.2, 0.25) is 0 Å². The summed E-state index contributed by atoms with van der Waals surface area (Å²) in [4.78, 5) is 13.1. The number of rotatable bonds is 41. The van der Waals surface area contributed by atoms with Crippen molar-refractivity contribution in [1.29, 1.82) is 0 Å². The Bertz CT molecular complexity index is 1060. The summed E-state index contributed by atoms with van der Waals surface area (Å²) in [6.07, 6.45) is 30.1. The van der Waals surface area contributed by atoms with Gasteiger partial charge in [-0.2, -0.15) is 0 Å². The van der Waals surface area contributed by atoms with Gasteiger partial charge in [0.2, 0.25) is 5.91 Å². The van der Waals surface area contributed by atoms with E-state index in [9.17, 15) is 40.5 Å². The van der Waals surface area contributed by atoms with Gasteiger partial charge in [0.05, 0.1) is 25.4 Å². The molecule has 11 heteroatoms. The number of ether oxygens (including phenoxy) is 2. The monoisotopic (exact) mass is 870 g/mol. The molecule has 0 aromatic heterocycles. The lowest BCUT2D eigenvalue weighted by Crippen LogP contribution is -2.60. The van der Waals surface area contributed by atoms with Crippen molar-refractivity contribution in [2.75, 3.05) is 13.2 Å². The summed E-state index contributed by atoms with van der Waals surface area (Å²) in [6, 6.07) is -1.16. The van der Waals surface area contributed by atoms with Gasteiger partial charge in [0.1, 0.15) is 36.6 Å². The molecule has 11 atom stereocenters. The maximum atomic E-state index is 13.1. The molecule has 1 aliphatic carbocycles. The zero-order valence-corrected chi connectivity index (χ0v) is 38.9. The van der Waals surface area contributed by atoms with E-state index in [1.165, 1.54) is 141 Å². The van der Waals surface area contributed by atoms with Gasteiger partial charge in [-0.1, -0.05) is 187 Å². The van der Waals surface area contributed by atoms with Crippen LogP contribution in [-0.4, -0.2) is 110 Å². The Morgan fingerprint density at radius 1 is 0.623 bits per heavy atom. The average molecular weight is 870 g/mol. The van der Waals surface area contributed by atoms with E-state index in [4.69, 9.17) is 9.47 Å². The molecule has 2 rings (SSSR count). The van der Waals surface area contributed by atoms with Crippen LogP contribution in [0, 0.1) is 11.8 Å². The lowest BCUT2D eigenvalue weighted by atomic mass is 9.98. The van der Waals surface area contributed by atoms with Crippen molar-refractivity contribution in [2.45, 2.75) is 274 Å². The number of carbonyl (C=O) groups is 1. The van der Waals surface area contributed by atoms with E-state index >= 15 is 0 Å². The molecule has 0 aromatic rings. The highest BCUT2D eigenvalue weighted by atomic mass is 16.7. The predicted molar refractivity (Wildman–Crippen MR) is 245 cm³/mol. The van der Waals surface area contributed by atoms with Gasteiger partial charge in [0, 0.05) is 0 Å². The molecule has 8 N–H and O–H groups in total. The lowest BCUT2D eigenvalue weighted by Gasteiger charge is -2.40. The van der Waals surface area contributed by atoms with Crippen LogP contribution in [0.25, 0.3) is 0 Å². The fourth-order valence-corrected chi connectivity index (χ4v) is 8.91. The smallest absolute Gasteiger partial charge is 0.249 e. The highest BCUT2D eigenvalue weighted by Gasteiger charge is 2.44. The minimum absolute atomic E-state index is 0.263. The van der Waals surface area contributed by atoms with E-state index in [0.717, 1.165) is 50.4 Å². The van der Waals surface area contributed by atoms with E-state index in [2.05, 4.69) is 31.3 Å². The summed E-state index contributed by atoms with van der Waals surface area (Å²) in [6.45, 7) is 3.46. The van der Waals surface area contributed by atoms with Crippen molar-refractivity contribution in [1.82, 2.24) is 5.32 Å². The lowest BCUT2D eigenvalue weighted by molar-refractivity contribution is -0.303. The molecule has 61 heavy (non-hydrogen) atoms. The van der Waals surface area contributed by atoms with Gasteiger partial charge in [-0.3, -0.25) is 4.79 Å². The van der Waals surface area contributed by atoms with Gasteiger partial charge in [0.15, 0.2) is 6.29 Å². The molecule has 2 fully saturated rings. The third kappa shape index (κ3) is 25.8. The minimum Gasteiger partial charge on any atom is -0.394 e. The van der Waals surface area contributed by atoms with Crippen LogP contribution in [0.5, 0.6) is 0 Å². The Morgan fingerprint density at radius 2 is 1.08 bits per heavy atom. The first-order chi connectivity index (χ1) is 29.6. The van der Waals surface area contributed by atoms with Crippen molar-refractivity contribution in [2.24, 2.45) is 11.8 Å². The zero-order chi connectivity index (χ0) is 44.5. The standard InChI is InChI=1S/C50H95NO10/c1-3-5-7-9-10-11-12-13-14-15-16-17-18-19-20-21-22-27-31-35-43(54)49(59)51-41(38-60-50-48(58)47(57)46(56)44(37-52)61-50)45(55)42(53)34-30-26-24-23-25-29-33-40-36-39(40)32-28-8-6-4-2/h11-12,39-48,50,52-58H,3-10,13-38H2,1-2H3,(H,51,59).